The van der Waals surface area contributed by atoms with E-state index in [0.717, 1.165) is 11.1 Å². The highest BCUT2D eigenvalue weighted by molar-refractivity contribution is 7.89. The second-order valence-corrected chi connectivity index (χ2v) is 9.33. The fourth-order valence-electron chi connectivity index (χ4n) is 2.80. The Labute approximate surface area is 163 Å². The maximum atomic E-state index is 12.1. The Morgan fingerprint density at radius 2 is 1.89 bits per heavy atom. The van der Waals surface area contributed by atoms with Gasteiger partial charge in [0.05, 0.1) is 23.9 Å². The highest BCUT2D eigenvalue weighted by atomic mass is 32.2. The molecule has 0 unspecified atom stereocenters. The Morgan fingerprint density at radius 1 is 1.14 bits per heavy atom. The minimum Gasteiger partial charge on any atom is -0.488 e. The molecule has 0 saturated carbocycles. The molecule has 28 heavy (non-hydrogen) atoms. The summed E-state index contributed by atoms with van der Waals surface area (Å²) < 4.78 is 36.7. The second kappa shape index (κ2) is 7.33. The zero-order chi connectivity index (χ0) is 19.7. The van der Waals surface area contributed by atoms with Crippen LogP contribution in [0.5, 0.6) is 5.75 Å². The molecule has 0 atom stereocenters. The third kappa shape index (κ3) is 3.63. The molecule has 3 heterocycles. The summed E-state index contributed by atoms with van der Waals surface area (Å²) in [6.07, 6.45) is 3.20. The molecule has 0 N–H and O–H groups in total. The zero-order valence-electron chi connectivity index (χ0n) is 15.5. The highest BCUT2D eigenvalue weighted by Crippen LogP contribution is 2.26. The normalized spacial score (nSPS) is 15.5. The Kier molecular flexibility index (Phi) is 4.86. The molecule has 2 aromatic heterocycles. The van der Waals surface area contributed by atoms with E-state index in [2.05, 4.69) is 15.1 Å². The monoisotopic (exact) mass is 400 g/mol. The zero-order valence-corrected chi connectivity index (χ0v) is 16.3. The lowest BCUT2D eigenvalue weighted by Gasteiger charge is -2.38. The van der Waals surface area contributed by atoms with Gasteiger partial charge in [-0.25, -0.2) is 8.42 Å². The van der Waals surface area contributed by atoms with E-state index in [9.17, 15) is 8.42 Å². The molecule has 8 nitrogen and oxygen atoms in total. The van der Waals surface area contributed by atoms with Gasteiger partial charge >= 0.3 is 0 Å². The molecule has 1 saturated heterocycles. The van der Waals surface area contributed by atoms with Gasteiger partial charge in [0.2, 0.25) is 15.8 Å². The van der Waals surface area contributed by atoms with Crippen LogP contribution >= 0.6 is 0 Å². The second-order valence-electron chi connectivity index (χ2n) is 6.84. The van der Waals surface area contributed by atoms with Crippen molar-refractivity contribution in [2.24, 2.45) is 0 Å². The number of benzene rings is 1. The first-order valence-electron chi connectivity index (χ1n) is 8.93. The number of rotatable bonds is 6. The predicted molar refractivity (Wildman–Crippen MR) is 103 cm³/mol. The van der Waals surface area contributed by atoms with Crippen LogP contribution in [0.25, 0.3) is 22.8 Å². The molecule has 1 aliphatic heterocycles. The van der Waals surface area contributed by atoms with Crippen LogP contribution in [0, 0.1) is 0 Å². The van der Waals surface area contributed by atoms with Gasteiger partial charge in [0.15, 0.2) is 0 Å². The Hall–Kier alpha value is -2.78. The Balaban J connectivity index is 1.38. The summed E-state index contributed by atoms with van der Waals surface area (Å²) in [6.45, 7) is 4.11. The summed E-state index contributed by atoms with van der Waals surface area (Å²) in [5.41, 5.74) is 1.55. The maximum absolute atomic E-state index is 12.1. The number of hydrogen-bond acceptors (Lipinski definition) is 7. The topological polar surface area (TPSA) is 98.4 Å². The van der Waals surface area contributed by atoms with E-state index >= 15 is 0 Å². The summed E-state index contributed by atoms with van der Waals surface area (Å²) in [6, 6.07) is 11.0. The van der Waals surface area contributed by atoms with Crippen molar-refractivity contribution in [1.82, 2.24) is 19.4 Å². The van der Waals surface area contributed by atoms with Gasteiger partial charge in [-0.1, -0.05) is 5.16 Å². The molecule has 0 spiro atoms. The lowest BCUT2D eigenvalue weighted by Crippen LogP contribution is -2.57. The van der Waals surface area contributed by atoms with Gasteiger partial charge in [-0.05, 0) is 50.2 Å². The van der Waals surface area contributed by atoms with E-state index in [1.54, 1.807) is 32.3 Å². The van der Waals surface area contributed by atoms with E-state index in [-0.39, 0.29) is 6.10 Å². The smallest absolute Gasteiger partial charge is 0.259 e. The lowest BCUT2D eigenvalue weighted by molar-refractivity contribution is 0.0757. The molecule has 0 amide bonds. The molecule has 1 aliphatic rings. The summed E-state index contributed by atoms with van der Waals surface area (Å²) >= 11 is 0. The SMILES string of the molecule is CC(C)S(=O)(=O)N1CC(Oc2ccc(-c3noc(-c4cccnc4)n3)cc2)C1. The van der Waals surface area contributed by atoms with Crippen LogP contribution in [0.2, 0.25) is 0 Å². The summed E-state index contributed by atoms with van der Waals surface area (Å²) in [5.74, 6) is 1.55. The molecule has 0 aliphatic carbocycles. The summed E-state index contributed by atoms with van der Waals surface area (Å²) in [5, 5.41) is 3.59. The van der Waals surface area contributed by atoms with Crippen molar-refractivity contribution in [3.05, 3.63) is 48.8 Å². The van der Waals surface area contributed by atoms with E-state index in [0.29, 0.717) is 30.6 Å². The minimum atomic E-state index is -3.21. The van der Waals surface area contributed by atoms with E-state index in [1.165, 1.54) is 4.31 Å². The Morgan fingerprint density at radius 3 is 2.54 bits per heavy atom. The average Bonchev–Trinajstić information content (AvgIpc) is 3.15. The van der Waals surface area contributed by atoms with Crippen LogP contribution in [0.3, 0.4) is 0 Å². The van der Waals surface area contributed by atoms with Gasteiger partial charge in [0.25, 0.3) is 5.89 Å². The average molecular weight is 400 g/mol. The predicted octanol–water partition coefficient (Wildman–Crippen LogP) is 2.60. The minimum absolute atomic E-state index is 0.137. The van der Waals surface area contributed by atoms with Crippen LogP contribution in [0.1, 0.15) is 13.8 Å². The largest absolute Gasteiger partial charge is 0.488 e. The number of pyridine rings is 1. The van der Waals surface area contributed by atoms with Gasteiger partial charge in [-0.3, -0.25) is 4.98 Å². The van der Waals surface area contributed by atoms with Crippen LogP contribution in [-0.2, 0) is 10.0 Å². The molecule has 146 valence electrons. The molecule has 1 fully saturated rings. The third-order valence-electron chi connectivity index (χ3n) is 4.52. The first-order valence-corrected chi connectivity index (χ1v) is 10.4. The van der Waals surface area contributed by atoms with Crippen molar-refractivity contribution in [2.75, 3.05) is 13.1 Å². The van der Waals surface area contributed by atoms with Crippen LogP contribution in [-0.4, -0.2) is 52.3 Å². The molecule has 3 aromatic rings. The van der Waals surface area contributed by atoms with Crippen LogP contribution in [0.4, 0.5) is 0 Å². The molecular formula is C19H20N4O4S. The fourth-order valence-corrected chi connectivity index (χ4v) is 4.15. The summed E-state index contributed by atoms with van der Waals surface area (Å²) in [7, 11) is -3.21. The van der Waals surface area contributed by atoms with Crippen molar-refractivity contribution < 1.29 is 17.7 Å². The molecule has 9 heteroatoms. The first kappa shape index (κ1) is 18.6. The molecule has 0 bridgehead atoms. The van der Waals surface area contributed by atoms with Gasteiger partial charge < -0.3 is 9.26 Å². The third-order valence-corrected chi connectivity index (χ3v) is 6.73. The summed E-state index contributed by atoms with van der Waals surface area (Å²) in [4.78, 5) is 8.43. The van der Waals surface area contributed by atoms with E-state index < -0.39 is 15.3 Å². The molecule has 0 radical (unpaired) electrons. The van der Waals surface area contributed by atoms with Crippen LogP contribution in [0.15, 0.2) is 53.3 Å². The van der Waals surface area contributed by atoms with Gasteiger partial charge in [-0.15, -0.1) is 0 Å². The van der Waals surface area contributed by atoms with Crippen molar-refractivity contribution >= 4 is 10.0 Å². The van der Waals surface area contributed by atoms with E-state index in [4.69, 9.17) is 9.26 Å². The van der Waals surface area contributed by atoms with Gasteiger partial charge in [0, 0.05) is 18.0 Å². The number of nitrogens with zero attached hydrogens (tertiary/aromatic N) is 4. The first-order chi connectivity index (χ1) is 13.4. The quantitative estimate of drug-likeness (QED) is 0.627. The molecule has 1 aromatic carbocycles. The number of sulfonamides is 1. The number of ether oxygens (including phenoxy) is 1. The molecular weight excluding hydrogens is 380 g/mol. The Bertz CT molecular complexity index is 1040. The maximum Gasteiger partial charge on any atom is 0.259 e. The standard InChI is InChI=1S/C19H20N4O4S/c1-13(2)28(24,25)23-11-17(12-23)26-16-7-5-14(6-8-16)18-21-19(27-22-18)15-4-3-9-20-10-15/h3-10,13,17H,11-12H2,1-2H3. The lowest BCUT2D eigenvalue weighted by atomic mass is 10.2. The van der Waals surface area contributed by atoms with Crippen molar-refractivity contribution in [2.45, 2.75) is 25.2 Å². The van der Waals surface area contributed by atoms with Crippen molar-refractivity contribution in [3.8, 4) is 28.6 Å². The fraction of sp³-hybridized carbons (Fsp3) is 0.316. The van der Waals surface area contributed by atoms with Crippen molar-refractivity contribution in [3.63, 3.8) is 0 Å². The van der Waals surface area contributed by atoms with Crippen LogP contribution < -0.4 is 4.74 Å². The molecule has 4 rings (SSSR count). The highest BCUT2D eigenvalue weighted by Gasteiger charge is 2.38. The number of aromatic nitrogens is 3. The van der Waals surface area contributed by atoms with E-state index in [1.807, 2.05) is 30.3 Å². The van der Waals surface area contributed by atoms with Gasteiger partial charge in [0.1, 0.15) is 11.9 Å². The number of hydrogen-bond donors (Lipinski definition) is 0. The van der Waals surface area contributed by atoms with Crippen molar-refractivity contribution in [1.29, 1.82) is 0 Å². The van der Waals surface area contributed by atoms with Gasteiger partial charge in [-0.2, -0.15) is 9.29 Å².